The van der Waals surface area contributed by atoms with Crippen molar-refractivity contribution in [2.24, 2.45) is 11.3 Å². The smallest absolute Gasteiger partial charge is 0.0670 e. The van der Waals surface area contributed by atoms with E-state index in [1.54, 1.807) is 0 Å². The molecule has 1 atom stereocenters. The fourth-order valence-electron chi connectivity index (χ4n) is 2.70. The van der Waals surface area contributed by atoms with E-state index in [1.807, 2.05) is 0 Å². The summed E-state index contributed by atoms with van der Waals surface area (Å²) in [6, 6.07) is 0. The van der Waals surface area contributed by atoms with Gasteiger partial charge in [-0.15, -0.1) is 0 Å². The zero-order chi connectivity index (χ0) is 7.90. The van der Waals surface area contributed by atoms with Gasteiger partial charge in [-0.1, -0.05) is 29.5 Å². The molecule has 1 saturated heterocycles. The Labute approximate surface area is 82.0 Å². The maximum Gasteiger partial charge on any atom is 0.0670 e. The molecule has 0 aromatic rings. The van der Waals surface area contributed by atoms with E-state index in [1.165, 1.54) is 23.7 Å². The van der Waals surface area contributed by atoms with Crippen molar-refractivity contribution in [1.82, 2.24) is 0 Å². The highest BCUT2D eigenvalue weighted by atomic mass is 127. The van der Waals surface area contributed by atoms with Gasteiger partial charge in [-0.2, -0.15) is 0 Å². The number of hydrogen-bond donors (Lipinski definition) is 0. The molecular formula is C9H15IO. The molecule has 64 valence electrons. The predicted octanol–water partition coefficient (Wildman–Crippen LogP) is 2.63. The van der Waals surface area contributed by atoms with Crippen molar-refractivity contribution in [2.45, 2.75) is 32.3 Å². The van der Waals surface area contributed by atoms with Gasteiger partial charge in [0.15, 0.2) is 0 Å². The third kappa shape index (κ3) is 1.44. The Morgan fingerprint density at radius 1 is 1.45 bits per heavy atom. The average molecular weight is 266 g/mol. The Bertz CT molecular complexity index is 152. The second-order valence-electron chi connectivity index (χ2n) is 4.30. The molecule has 1 spiro atoms. The Morgan fingerprint density at radius 2 is 2.18 bits per heavy atom. The summed E-state index contributed by atoms with van der Waals surface area (Å²) in [5.41, 5.74) is 0.634. The standard InChI is InChI=1S/C9H15IO/c1-7-2-9(3-7)4-8(5-10)11-6-9/h7-8H,2-6H2,1H3/t7?,8-,9?/m0/s1. The van der Waals surface area contributed by atoms with Gasteiger partial charge in [0, 0.05) is 4.43 Å². The molecule has 2 fully saturated rings. The van der Waals surface area contributed by atoms with Gasteiger partial charge in [0.05, 0.1) is 12.7 Å². The second-order valence-corrected chi connectivity index (χ2v) is 5.19. The van der Waals surface area contributed by atoms with Crippen LogP contribution < -0.4 is 0 Å². The highest BCUT2D eigenvalue weighted by molar-refractivity contribution is 14.1. The van der Waals surface area contributed by atoms with Crippen LogP contribution in [0.4, 0.5) is 0 Å². The number of hydrogen-bond acceptors (Lipinski definition) is 1. The molecule has 1 aliphatic carbocycles. The number of rotatable bonds is 1. The predicted molar refractivity (Wildman–Crippen MR) is 54.1 cm³/mol. The van der Waals surface area contributed by atoms with E-state index in [9.17, 15) is 0 Å². The maximum atomic E-state index is 5.70. The summed E-state index contributed by atoms with van der Waals surface area (Å²) in [5, 5.41) is 0. The lowest BCUT2D eigenvalue weighted by Crippen LogP contribution is -2.36. The minimum atomic E-state index is 0.572. The second kappa shape index (κ2) is 2.87. The molecule has 1 heterocycles. The Kier molecular flexibility index (Phi) is 2.17. The number of ether oxygens (including phenoxy) is 1. The fourth-order valence-corrected chi connectivity index (χ4v) is 3.26. The largest absolute Gasteiger partial charge is 0.377 e. The van der Waals surface area contributed by atoms with Gasteiger partial charge < -0.3 is 4.74 Å². The van der Waals surface area contributed by atoms with Crippen molar-refractivity contribution in [3.8, 4) is 0 Å². The quantitative estimate of drug-likeness (QED) is 0.523. The minimum Gasteiger partial charge on any atom is -0.377 e. The van der Waals surface area contributed by atoms with Gasteiger partial charge in [0.2, 0.25) is 0 Å². The van der Waals surface area contributed by atoms with Crippen LogP contribution in [-0.4, -0.2) is 17.1 Å². The van der Waals surface area contributed by atoms with Crippen molar-refractivity contribution in [3.63, 3.8) is 0 Å². The first-order chi connectivity index (χ1) is 5.24. The summed E-state index contributed by atoms with van der Waals surface area (Å²) in [6.07, 6.45) is 4.74. The minimum absolute atomic E-state index is 0.572. The normalized spacial score (nSPS) is 49.6. The van der Waals surface area contributed by atoms with Gasteiger partial charge in [0.25, 0.3) is 0 Å². The molecule has 0 aromatic carbocycles. The summed E-state index contributed by atoms with van der Waals surface area (Å²) >= 11 is 2.43. The molecule has 0 amide bonds. The molecule has 0 N–H and O–H groups in total. The van der Waals surface area contributed by atoms with E-state index in [4.69, 9.17) is 4.74 Å². The molecule has 2 heteroatoms. The highest BCUT2D eigenvalue weighted by Crippen LogP contribution is 2.52. The summed E-state index contributed by atoms with van der Waals surface area (Å²) in [6.45, 7) is 3.40. The number of halogens is 1. The van der Waals surface area contributed by atoms with E-state index in [0.717, 1.165) is 12.5 Å². The van der Waals surface area contributed by atoms with E-state index >= 15 is 0 Å². The molecule has 1 aliphatic heterocycles. The average Bonchev–Trinajstić information content (AvgIpc) is 2.31. The maximum absolute atomic E-state index is 5.70. The number of alkyl halides is 1. The Morgan fingerprint density at radius 3 is 2.64 bits per heavy atom. The van der Waals surface area contributed by atoms with Crippen LogP contribution >= 0.6 is 22.6 Å². The van der Waals surface area contributed by atoms with Gasteiger partial charge in [-0.05, 0) is 30.6 Å². The lowest BCUT2D eigenvalue weighted by atomic mass is 9.62. The van der Waals surface area contributed by atoms with Gasteiger partial charge in [-0.3, -0.25) is 0 Å². The molecule has 11 heavy (non-hydrogen) atoms. The van der Waals surface area contributed by atoms with Gasteiger partial charge >= 0.3 is 0 Å². The molecule has 1 nitrogen and oxygen atoms in total. The monoisotopic (exact) mass is 266 g/mol. The molecule has 2 aliphatic rings. The highest BCUT2D eigenvalue weighted by Gasteiger charge is 2.47. The first kappa shape index (κ1) is 8.30. The summed E-state index contributed by atoms with van der Waals surface area (Å²) < 4.78 is 6.88. The topological polar surface area (TPSA) is 9.23 Å². The zero-order valence-electron chi connectivity index (χ0n) is 6.98. The molecule has 2 rings (SSSR count). The van der Waals surface area contributed by atoms with Gasteiger partial charge in [-0.25, -0.2) is 0 Å². The molecule has 0 unspecified atom stereocenters. The van der Waals surface area contributed by atoms with Crippen LogP contribution in [0, 0.1) is 11.3 Å². The van der Waals surface area contributed by atoms with Crippen LogP contribution in [-0.2, 0) is 4.74 Å². The van der Waals surface area contributed by atoms with Crippen LogP contribution in [0.3, 0.4) is 0 Å². The van der Waals surface area contributed by atoms with Crippen molar-refractivity contribution in [2.75, 3.05) is 11.0 Å². The van der Waals surface area contributed by atoms with Crippen LogP contribution in [0.2, 0.25) is 0 Å². The molecule has 0 radical (unpaired) electrons. The first-order valence-corrected chi connectivity index (χ1v) is 5.94. The third-order valence-electron chi connectivity index (χ3n) is 3.02. The molecule has 0 aromatic heterocycles. The first-order valence-electron chi connectivity index (χ1n) is 4.42. The zero-order valence-corrected chi connectivity index (χ0v) is 9.13. The van der Waals surface area contributed by atoms with Crippen LogP contribution in [0.5, 0.6) is 0 Å². The van der Waals surface area contributed by atoms with E-state index in [0.29, 0.717) is 11.5 Å². The SMILES string of the molecule is CC1CC2(CO[C@H](CI)C2)C1. The lowest BCUT2D eigenvalue weighted by Gasteiger charge is -2.42. The molecule has 1 saturated carbocycles. The summed E-state index contributed by atoms with van der Waals surface area (Å²) in [4.78, 5) is 0. The molecular weight excluding hydrogens is 251 g/mol. The van der Waals surface area contributed by atoms with E-state index in [2.05, 4.69) is 29.5 Å². The van der Waals surface area contributed by atoms with Crippen LogP contribution in [0.25, 0.3) is 0 Å². The Hall–Kier alpha value is 0.690. The van der Waals surface area contributed by atoms with E-state index in [-0.39, 0.29) is 0 Å². The van der Waals surface area contributed by atoms with E-state index < -0.39 is 0 Å². The van der Waals surface area contributed by atoms with Crippen molar-refractivity contribution < 1.29 is 4.74 Å². The van der Waals surface area contributed by atoms with Crippen LogP contribution in [0.1, 0.15) is 26.2 Å². The fraction of sp³-hybridized carbons (Fsp3) is 1.00. The Balaban J connectivity index is 1.89. The summed E-state index contributed by atoms with van der Waals surface area (Å²) in [7, 11) is 0. The van der Waals surface area contributed by atoms with Crippen molar-refractivity contribution in [1.29, 1.82) is 0 Å². The van der Waals surface area contributed by atoms with Crippen LogP contribution in [0.15, 0.2) is 0 Å². The lowest BCUT2D eigenvalue weighted by molar-refractivity contribution is 0.0410. The van der Waals surface area contributed by atoms with Crippen molar-refractivity contribution in [3.05, 3.63) is 0 Å². The van der Waals surface area contributed by atoms with Crippen molar-refractivity contribution >= 4 is 22.6 Å². The summed E-state index contributed by atoms with van der Waals surface area (Å²) in [5.74, 6) is 0.964. The third-order valence-corrected chi connectivity index (χ3v) is 4.00. The molecule has 0 bridgehead atoms. The van der Waals surface area contributed by atoms with Gasteiger partial charge in [0.1, 0.15) is 0 Å².